The average Bonchev–Trinajstić information content (AvgIpc) is 3.00. The maximum Gasteiger partial charge on any atom is 0.339 e. The molecule has 0 fully saturated rings. The number of thiophene rings is 1. The van der Waals surface area contributed by atoms with Gasteiger partial charge in [0.1, 0.15) is 5.56 Å². The molecule has 8 heteroatoms. The van der Waals surface area contributed by atoms with Gasteiger partial charge in [-0.25, -0.2) is 4.79 Å². The Morgan fingerprint density at radius 3 is 2.61 bits per heavy atom. The van der Waals surface area contributed by atoms with Crippen molar-refractivity contribution in [2.75, 3.05) is 5.32 Å². The number of carbonyl (C=O) groups excluding carboxylic acids is 1. The zero-order valence-electron chi connectivity index (χ0n) is 11.6. The lowest BCUT2D eigenvalue weighted by Gasteiger charge is -2.05. The molecule has 0 saturated carbocycles. The normalized spacial score (nSPS) is 10.3. The molecule has 1 amide bonds. The second-order valence-corrected chi connectivity index (χ2v) is 5.32. The summed E-state index contributed by atoms with van der Waals surface area (Å²) in [6.45, 7) is 0. The minimum atomic E-state index is -1.15. The number of anilines is 1. The number of hydrogen-bond acceptors (Lipinski definition) is 6. The van der Waals surface area contributed by atoms with E-state index in [9.17, 15) is 14.7 Å². The predicted molar refractivity (Wildman–Crippen MR) is 84.5 cm³/mol. The van der Waals surface area contributed by atoms with Gasteiger partial charge in [0.05, 0.1) is 28.0 Å². The number of nitrogens with zero attached hydrogens (tertiary/aromatic N) is 3. The second kappa shape index (κ2) is 6.32. The van der Waals surface area contributed by atoms with E-state index in [2.05, 4.69) is 20.3 Å². The van der Waals surface area contributed by atoms with Crippen LogP contribution < -0.4 is 5.32 Å². The van der Waals surface area contributed by atoms with E-state index in [1.54, 1.807) is 23.7 Å². The quantitative estimate of drug-likeness (QED) is 0.763. The highest BCUT2D eigenvalue weighted by atomic mass is 32.1. The van der Waals surface area contributed by atoms with Crippen molar-refractivity contribution in [3.05, 3.63) is 59.6 Å². The van der Waals surface area contributed by atoms with E-state index in [1.165, 1.54) is 36.1 Å². The summed E-state index contributed by atoms with van der Waals surface area (Å²) in [7, 11) is 0. The minimum absolute atomic E-state index is 0.00672. The largest absolute Gasteiger partial charge is 0.478 e. The fraction of sp³-hybridized carbons (Fsp3) is 0. The molecule has 0 radical (unpaired) electrons. The molecule has 2 N–H and O–H groups in total. The van der Waals surface area contributed by atoms with Crippen LogP contribution in [0.4, 0.5) is 5.69 Å². The number of pyridine rings is 1. The van der Waals surface area contributed by atoms with Crippen LogP contribution in [0.5, 0.6) is 0 Å². The van der Waals surface area contributed by atoms with Gasteiger partial charge in [0.25, 0.3) is 5.91 Å². The molecule has 3 heterocycles. The van der Waals surface area contributed by atoms with E-state index >= 15 is 0 Å². The van der Waals surface area contributed by atoms with E-state index in [0.29, 0.717) is 16.1 Å². The third kappa shape index (κ3) is 3.06. The summed E-state index contributed by atoms with van der Waals surface area (Å²) in [5.41, 5.74) is 0.998. The molecular formula is C15H10N4O3S. The van der Waals surface area contributed by atoms with Crippen molar-refractivity contribution in [1.82, 2.24) is 15.0 Å². The summed E-state index contributed by atoms with van der Waals surface area (Å²) >= 11 is 1.18. The van der Waals surface area contributed by atoms with Crippen LogP contribution in [-0.4, -0.2) is 31.9 Å². The summed E-state index contributed by atoms with van der Waals surface area (Å²) in [5, 5.41) is 13.6. The number of aromatic nitrogens is 3. The zero-order valence-corrected chi connectivity index (χ0v) is 12.4. The van der Waals surface area contributed by atoms with Crippen molar-refractivity contribution in [2.45, 2.75) is 0 Å². The summed E-state index contributed by atoms with van der Waals surface area (Å²) in [6, 6.07) is 3.23. The molecule has 0 aliphatic carbocycles. The fourth-order valence-corrected chi connectivity index (χ4v) is 2.91. The third-order valence-corrected chi connectivity index (χ3v) is 3.98. The van der Waals surface area contributed by atoms with E-state index in [4.69, 9.17) is 0 Å². The van der Waals surface area contributed by atoms with E-state index in [-0.39, 0.29) is 11.3 Å². The highest BCUT2D eigenvalue weighted by Crippen LogP contribution is 2.34. The van der Waals surface area contributed by atoms with Gasteiger partial charge < -0.3 is 10.4 Å². The van der Waals surface area contributed by atoms with Crippen LogP contribution in [0.25, 0.3) is 10.6 Å². The van der Waals surface area contributed by atoms with Crippen molar-refractivity contribution in [1.29, 1.82) is 0 Å². The van der Waals surface area contributed by atoms with Gasteiger partial charge in [-0.2, -0.15) is 0 Å². The van der Waals surface area contributed by atoms with Crippen LogP contribution in [0, 0.1) is 0 Å². The van der Waals surface area contributed by atoms with Crippen LogP contribution in [0.15, 0.2) is 48.5 Å². The lowest BCUT2D eigenvalue weighted by molar-refractivity contribution is 0.0699. The van der Waals surface area contributed by atoms with Crippen molar-refractivity contribution >= 4 is 28.9 Å². The number of carbonyl (C=O) groups is 2. The number of nitrogens with one attached hydrogen (secondary N) is 1. The predicted octanol–water partition coefficient (Wildman–Crippen LogP) is 2.55. The van der Waals surface area contributed by atoms with Gasteiger partial charge in [0, 0.05) is 30.2 Å². The number of hydrogen-bond donors (Lipinski definition) is 2. The molecular weight excluding hydrogens is 316 g/mol. The third-order valence-electron chi connectivity index (χ3n) is 2.97. The highest BCUT2D eigenvalue weighted by Gasteiger charge is 2.22. The molecule has 7 nitrogen and oxygen atoms in total. The summed E-state index contributed by atoms with van der Waals surface area (Å²) < 4.78 is 0. The fourth-order valence-electron chi connectivity index (χ4n) is 1.96. The van der Waals surface area contributed by atoms with Gasteiger partial charge in [0.2, 0.25) is 0 Å². The maximum atomic E-state index is 12.2. The topological polar surface area (TPSA) is 105 Å². The Balaban J connectivity index is 1.96. The molecule has 0 aromatic carbocycles. The number of carboxylic acids is 1. The Labute approximate surface area is 134 Å². The van der Waals surface area contributed by atoms with Gasteiger partial charge in [-0.1, -0.05) is 0 Å². The molecule has 114 valence electrons. The molecule has 0 unspecified atom stereocenters. The van der Waals surface area contributed by atoms with Gasteiger partial charge in [-0.15, -0.1) is 11.3 Å². The molecule has 0 bridgehead atoms. The van der Waals surface area contributed by atoms with Crippen LogP contribution in [0.2, 0.25) is 0 Å². The van der Waals surface area contributed by atoms with Gasteiger partial charge in [-0.3, -0.25) is 19.7 Å². The Kier molecular flexibility index (Phi) is 4.07. The SMILES string of the molecule is O=C(Nc1csc(-c2cnccn2)c1C(=O)O)c1cccnc1. The maximum absolute atomic E-state index is 12.2. The van der Waals surface area contributed by atoms with Crippen molar-refractivity contribution in [3.63, 3.8) is 0 Å². The highest BCUT2D eigenvalue weighted by molar-refractivity contribution is 7.14. The lowest BCUT2D eigenvalue weighted by atomic mass is 10.2. The van der Waals surface area contributed by atoms with Crippen molar-refractivity contribution in [3.8, 4) is 10.6 Å². The first-order chi connectivity index (χ1) is 11.2. The lowest BCUT2D eigenvalue weighted by Crippen LogP contribution is -2.14. The number of amides is 1. The standard InChI is InChI=1S/C15H10N4O3S/c20-14(9-2-1-3-16-6-9)19-11-8-23-13(12(11)15(21)22)10-7-17-4-5-18-10/h1-8H,(H,19,20)(H,21,22). The number of carboxylic acid groups (broad SMARTS) is 1. The van der Waals surface area contributed by atoms with E-state index < -0.39 is 11.9 Å². The zero-order chi connectivity index (χ0) is 16.2. The number of aromatic carboxylic acids is 1. The molecule has 0 atom stereocenters. The second-order valence-electron chi connectivity index (χ2n) is 4.45. The molecule has 0 aliphatic heterocycles. The molecule has 3 aromatic heterocycles. The Hall–Kier alpha value is -3.13. The average molecular weight is 326 g/mol. The van der Waals surface area contributed by atoms with Crippen LogP contribution in [0.3, 0.4) is 0 Å². The minimum Gasteiger partial charge on any atom is -0.478 e. The van der Waals surface area contributed by atoms with Crippen molar-refractivity contribution < 1.29 is 14.7 Å². The first kappa shape index (κ1) is 14.8. The monoisotopic (exact) mass is 326 g/mol. The Morgan fingerprint density at radius 2 is 1.96 bits per heavy atom. The van der Waals surface area contributed by atoms with Gasteiger partial charge >= 0.3 is 5.97 Å². The van der Waals surface area contributed by atoms with Crippen LogP contribution in [-0.2, 0) is 0 Å². The smallest absolute Gasteiger partial charge is 0.339 e. The van der Waals surface area contributed by atoms with E-state index in [1.807, 2.05) is 0 Å². The van der Waals surface area contributed by atoms with Gasteiger partial charge in [0.15, 0.2) is 0 Å². The van der Waals surface area contributed by atoms with Crippen LogP contribution in [0.1, 0.15) is 20.7 Å². The molecule has 0 spiro atoms. The molecule has 23 heavy (non-hydrogen) atoms. The molecule has 3 aromatic rings. The summed E-state index contributed by atoms with van der Waals surface area (Å²) in [6.07, 6.45) is 7.42. The Bertz CT molecular complexity index is 850. The number of rotatable bonds is 4. The molecule has 0 saturated heterocycles. The Morgan fingerprint density at radius 1 is 1.13 bits per heavy atom. The first-order valence-corrected chi connectivity index (χ1v) is 7.37. The molecule has 3 rings (SSSR count). The van der Waals surface area contributed by atoms with E-state index in [0.717, 1.165) is 0 Å². The van der Waals surface area contributed by atoms with Crippen LogP contribution >= 0.6 is 11.3 Å². The summed E-state index contributed by atoms with van der Waals surface area (Å²) in [5.74, 6) is -1.57. The first-order valence-electron chi connectivity index (χ1n) is 6.49. The van der Waals surface area contributed by atoms with Gasteiger partial charge in [-0.05, 0) is 12.1 Å². The summed E-state index contributed by atoms with van der Waals surface area (Å²) in [4.78, 5) is 36.1. The van der Waals surface area contributed by atoms with Crippen molar-refractivity contribution in [2.24, 2.45) is 0 Å². The molecule has 0 aliphatic rings.